The van der Waals surface area contributed by atoms with E-state index in [-0.39, 0.29) is 23.3 Å². The molecule has 1 aromatic carbocycles. The van der Waals surface area contributed by atoms with Crippen molar-refractivity contribution < 1.29 is 9.18 Å². The number of halogens is 1. The molecule has 150 valence electrons. The van der Waals surface area contributed by atoms with Crippen molar-refractivity contribution in [3.05, 3.63) is 57.2 Å². The minimum Gasteiger partial charge on any atom is -0.368 e. The van der Waals surface area contributed by atoms with Gasteiger partial charge in [-0.1, -0.05) is 0 Å². The van der Waals surface area contributed by atoms with Gasteiger partial charge in [0.25, 0.3) is 11.5 Å². The molecular formula is C21H21FN4O2S. The molecular weight excluding hydrogens is 391 g/mol. The van der Waals surface area contributed by atoms with Gasteiger partial charge in [0.1, 0.15) is 16.0 Å². The molecule has 0 radical (unpaired) electrons. The number of hydrogen-bond acceptors (Lipinski definition) is 5. The molecule has 1 saturated carbocycles. The maximum Gasteiger partial charge on any atom is 0.271 e. The number of hydrogen-bond donors (Lipinski definition) is 0. The Morgan fingerprint density at radius 1 is 1.14 bits per heavy atom. The Kier molecular flexibility index (Phi) is 4.38. The summed E-state index contributed by atoms with van der Waals surface area (Å²) in [7, 11) is 0. The summed E-state index contributed by atoms with van der Waals surface area (Å²) in [4.78, 5) is 35.3. The highest BCUT2D eigenvalue weighted by Crippen LogP contribution is 2.35. The number of fused-ring (bicyclic) bond motifs is 1. The van der Waals surface area contributed by atoms with Crippen molar-refractivity contribution in [2.24, 2.45) is 0 Å². The van der Waals surface area contributed by atoms with Gasteiger partial charge in [0, 0.05) is 42.8 Å². The van der Waals surface area contributed by atoms with Crippen LogP contribution in [0.2, 0.25) is 0 Å². The van der Waals surface area contributed by atoms with Gasteiger partial charge in [0.15, 0.2) is 0 Å². The van der Waals surface area contributed by atoms with E-state index in [0.29, 0.717) is 42.0 Å². The summed E-state index contributed by atoms with van der Waals surface area (Å²) < 4.78 is 15.4. The molecule has 5 rings (SSSR count). The van der Waals surface area contributed by atoms with Gasteiger partial charge < -0.3 is 9.80 Å². The second kappa shape index (κ2) is 6.95. The minimum absolute atomic E-state index is 0.0363. The van der Waals surface area contributed by atoms with Crippen LogP contribution in [0.15, 0.2) is 35.4 Å². The van der Waals surface area contributed by atoms with Crippen molar-refractivity contribution in [2.45, 2.75) is 25.8 Å². The van der Waals surface area contributed by atoms with Crippen LogP contribution in [-0.4, -0.2) is 46.5 Å². The highest BCUT2D eigenvalue weighted by Gasteiger charge is 2.30. The quantitative estimate of drug-likeness (QED) is 0.663. The maximum atomic E-state index is 13.2. The summed E-state index contributed by atoms with van der Waals surface area (Å²) in [5.41, 5.74) is 2.00. The van der Waals surface area contributed by atoms with Crippen LogP contribution in [0.1, 0.15) is 34.1 Å². The molecule has 1 saturated heterocycles. The first-order valence-corrected chi connectivity index (χ1v) is 10.6. The fraction of sp³-hybridized carbons (Fsp3) is 0.381. The molecule has 3 aromatic rings. The Hall–Kier alpha value is -2.74. The van der Waals surface area contributed by atoms with Crippen LogP contribution in [0.3, 0.4) is 0 Å². The lowest BCUT2D eigenvalue weighted by molar-refractivity contribution is 0.0748. The Morgan fingerprint density at radius 3 is 2.48 bits per heavy atom. The van der Waals surface area contributed by atoms with Crippen LogP contribution in [-0.2, 0) is 0 Å². The molecule has 0 bridgehead atoms. The van der Waals surface area contributed by atoms with Crippen LogP contribution >= 0.6 is 11.3 Å². The lowest BCUT2D eigenvalue weighted by atomic mass is 10.1. The summed E-state index contributed by atoms with van der Waals surface area (Å²) in [6, 6.07) is 6.69. The van der Waals surface area contributed by atoms with Crippen molar-refractivity contribution in [1.29, 1.82) is 0 Å². The summed E-state index contributed by atoms with van der Waals surface area (Å²) in [6.07, 6.45) is 3.63. The summed E-state index contributed by atoms with van der Waals surface area (Å²) >= 11 is 1.37. The number of aryl methyl sites for hydroxylation is 1. The van der Waals surface area contributed by atoms with Crippen molar-refractivity contribution in [2.75, 3.05) is 31.1 Å². The van der Waals surface area contributed by atoms with Gasteiger partial charge in [-0.3, -0.25) is 14.2 Å². The number of benzene rings is 1. The molecule has 0 spiro atoms. The number of carbonyl (C=O) groups excluding carboxylic acids is 1. The normalized spacial score (nSPS) is 17.2. The fourth-order valence-electron chi connectivity index (χ4n) is 3.93. The van der Waals surface area contributed by atoms with E-state index in [1.54, 1.807) is 23.0 Å². The average molecular weight is 412 g/mol. The molecule has 1 aliphatic carbocycles. The number of piperazine rings is 1. The number of anilines is 1. The first-order chi connectivity index (χ1) is 14.0. The summed E-state index contributed by atoms with van der Waals surface area (Å²) in [6.45, 7) is 4.40. The second-order valence-electron chi connectivity index (χ2n) is 7.65. The number of amides is 1. The molecule has 3 heterocycles. The van der Waals surface area contributed by atoms with Crippen molar-refractivity contribution in [1.82, 2.24) is 14.5 Å². The summed E-state index contributed by atoms with van der Waals surface area (Å²) in [5.74, 6) is -0.320. The van der Waals surface area contributed by atoms with E-state index in [1.807, 2.05) is 11.8 Å². The van der Waals surface area contributed by atoms with Crippen molar-refractivity contribution in [3.8, 4) is 0 Å². The van der Waals surface area contributed by atoms with E-state index in [9.17, 15) is 14.0 Å². The SMILES string of the molecule is Cc1sc2c(=O)n(C3CC3)cnc2c1C(=O)N1CCN(c2ccc(F)cc2)CC1. The summed E-state index contributed by atoms with van der Waals surface area (Å²) in [5, 5.41) is 0. The van der Waals surface area contributed by atoms with Gasteiger partial charge in [0.2, 0.25) is 0 Å². The number of thiophene rings is 1. The topological polar surface area (TPSA) is 58.4 Å². The lowest BCUT2D eigenvalue weighted by Crippen LogP contribution is -2.48. The van der Waals surface area contributed by atoms with Crippen LogP contribution in [0.25, 0.3) is 10.2 Å². The van der Waals surface area contributed by atoms with E-state index < -0.39 is 0 Å². The molecule has 2 aliphatic rings. The molecule has 2 fully saturated rings. The predicted molar refractivity (Wildman–Crippen MR) is 111 cm³/mol. The zero-order valence-corrected chi connectivity index (χ0v) is 16.9. The number of carbonyl (C=O) groups is 1. The van der Waals surface area contributed by atoms with E-state index in [4.69, 9.17) is 0 Å². The lowest BCUT2D eigenvalue weighted by Gasteiger charge is -2.36. The van der Waals surface area contributed by atoms with Crippen molar-refractivity contribution >= 4 is 33.1 Å². The van der Waals surface area contributed by atoms with E-state index in [2.05, 4.69) is 9.88 Å². The molecule has 29 heavy (non-hydrogen) atoms. The molecule has 0 unspecified atom stereocenters. The first-order valence-electron chi connectivity index (χ1n) is 9.83. The Bertz CT molecular complexity index is 1140. The molecule has 2 aromatic heterocycles. The molecule has 6 nitrogen and oxygen atoms in total. The van der Waals surface area contributed by atoms with E-state index in [1.165, 1.54) is 23.5 Å². The van der Waals surface area contributed by atoms with Crippen LogP contribution in [0, 0.1) is 12.7 Å². The smallest absolute Gasteiger partial charge is 0.271 e. The van der Waals surface area contributed by atoms with Gasteiger partial charge >= 0.3 is 0 Å². The van der Waals surface area contributed by atoms with Gasteiger partial charge in [0.05, 0.1) is 11.9 Å². The van der Waals surface area contributed by atoms with Crippen molar-refractivity contribution in [3.63, 3.8) is 0 Å². The third kappa shape index (κ3) is 3.21. The largest absolute Gasteiger partial charge is 0.368 e. The number of nitrogens with zero attached hydrogens (tertiary/aromatic N) is 4. The van der Waals surface area contributed by atoms with Gasteiger partial charge in [-0.05, 0) is 44.0 Å². The Balaban J connectivity index is 1.38. The standard InChI is InChI=1S/C21H21FN4O2S/c1-13-17(18-19(29-13)21(28)26(12-23-18)16-6-7-16)20(27)25-10-8-24(9-11-25)15-4-2-14(22)3-5-15/h2-5,12,16H,6-11H2,1H3. The highest BCUT2D eigenvalue weighted by molar-refractivity contribution is 7.19. The third-order valence-corrected chi connectivity index (χ3v) is 6.79. The van der Waals surface area contributed by atoms with Gasteiger partial charge in [-0.15, -0.1) is 11.3 Å². The monoisotopic (exact) mass is 412 g/mol. The Morgan fingerprint density at radius 2 is 1.83 bits per heavy atom. The second-order valence-corrected chi connectivity index (χ2v) is 8.88. The molecule has 1 amide bonds. The van der Waals surface area contributed by atoms with Crippen LogP contribution < -0.4 is 10.5 Å². The van der Waals surface area contributed by atoms with Crippen LogP contribution in [0.5, 0.6) is 0 Å². The zero-order chi connectivity index (χ0) is 20.1. The fourth-order valence-corrected chi connectivity index (χ4v) is 4.97. The molecule has 1 aliphatic heterocycles. The molecule has 0 atom stereocenters. The maximum absolute atomic E-state index is 13.2. The Labute approximate surface area is 171 Å². The minimum atomic E-state index is -0.254. The first kappa shape index (κ1) is 18.3. The van der Waals surface area contributed by atoms with Crippen LogP contribution in [0.4, 0.5) is 10.1 Å². The molecule has 0 N–H and O–H groups in total. The third-order valence-electron chi connectivity index (χ3n) is 5.71. The van der Waals surface area contributed by atoms with Gasteiger partial charge in [-0.25, -0.2) is 9.37 Å². The van der Waals surface area contributed by atoms with Gasteiger partial charge in [-0.2, -0.15) is 0 Å². The number of rotatable bonds is 3. The average Bonchev–Trinajstić information content (AvgIpc) is 3.51. The van der Waals surface area contributed by atoms with E-state index >= 15 is 0 Å². The predicted octanol–water partition coefficient (Wildman–Crippen LogP) is 3.20. The highest BCUT2D eigenvalue weighted by atomic mass is 32.1. The zero-order valence-electron chi connectivity index (χ0n) is 16.1. The number of aromatic nitrogens is 2. The molecule has 8 heteroatoms. The van der Waals surface area contributed by atoms with E-state index in [0.717, 1.165) is 23.4 Å².